The highest BCUT2D eigenvalue weighted by Crippen LogP contribution is 2.18. The van der Waals surface area contributed by atoms with Gasteiger partial charge in [0.25, 0.3) is 0 Å². The average molecular weight is 340 g/mol. The quantitative estimate of drug-likeness (QED) is 0.718. The van der Waals surface area contributed by atoms with Crippen molar-refractivity contribution in [2.75, 3.05) is 7.05 Å². The van der Waals surface area contributed by atoms with Crippen LogP contribution in [0.1, 0.15) is 5.56 Å². The highest BCUT2D eigenvalue weighted by atomic mass is 19.1. The van der Waals surface area contributed by atoms with E-state index in [4.69, 9.17) is 4.42 Å². The van der Waals surface area contributed by atoms with Crippen molar-refractivity contribution in [2.24, 2.45) is 0 Å². The average Bonchev–Trinajstić information content (AvgIpc) is 2.97. The maximum Gasteiger partial charge on any atom is 0.419 e. The molecular formula is C19H17FN2O3. The van der Waals surface area contributed by atoms with Crippen LogP contribution >= 0.6 is 0 Å². The minimum absolute atomic E-state index is 0.118. The Morgan fingerprint density at radius 2 is 1.80 bits per heavy atom. The van der Waals surface area contributed by atoms with Crippen LogP contribution in [-0.2, 0) is 17.9 Å². The highest BCUT2D eigenvalue weighted by molar-refractivity contribution is 5.75. The molecule has 0 N–H and O–H groups in total. The number of aromatic nitrogens is 1. The molecule has 0 fully saturated rings. The van der Waals surface area contributed by atoms with Gasteiger partial charge >= 0.3 is 5.76 Å². The predicted molar refractivity (Wildman–Crippen MR) is 91.3 cm³/mol. The number of hydrogen-bond acceptors (Lipinski definition) is 3. The maximum absolute atomic E-state index is 13.0. The van der Waals surface area contributed by atoms with E-state index in [-0.39, 0.29) is 18.3 Å². The van der Waals surface area contributed by atoms with Crippen molar-refractivity contribution < 1.29 is 13.6 Å². The van der Waals surface area contributed by atoms with Gasteiger partial charge in [0.05, 0.1) is 6.20 Å². The van der Waals surface area contributed by atoms with E-state index in [0.717, 1.165) is 5.56 Å². The molecule has 0 aliphatic carbocycles. The molecule has 5 nitrogen and oxygen atoms in total. The Labute approximate surface area is 143 Å². The molecule has 1 heterocycles. The normalized spacial score (nSPS) is 10.6. The van der Waals surface area contributed by atoms with Crippen molar-refractivity contribution in [3.63, 3.8) is 0 Å². The first-order valence-corrected chi connectivity index (χ1v) is 7.77. The number of carbonyl (C=O) groups excluding carboxylic acids is 1. The fraction of sp³-hybridized carbons (Fsp3) is 0.158. The Morgan fingerprint density at radius 3 is 2.48 bits per heavy atom. The molecule has 0 saturated carbocycles. The van der Waals surface area contributed by atoms with Crippen LogP contribution in [0.3, 0.4) is 0 Å². The molecule has 0 aliphatic rings. The Morgan fingerprint density at radius 1 is 1.12 bits per heavy atom. The van der Waals surface area contributed by atoms with Gasteiger partial charge in [0.1, 0.15) is 12.4 Å². The summed E-state index contributed by atoms with van der Waals surface area (Å²) in [5.41, 5.74) is 1.58. The molecule has 3 aromatic rings. The number of oxazole rings is 1. The number of halogens is 1. The number of carbonyl (C=O) groups is 1. The van der Waals surface area contributed by atoms with E-state index in [1.54, 1.807) is 11.9 Å². The Kier molecular flexibility index (Phi) is 4.79. The van der Waals surface area contributed by atoms with Gasteiger partial charge in [-0.3, -0.25) is 9.36 Å². The first-order valence-electron chi connectivity index (χ1n) is 7.77. The van der Waals surface area contributed by atoms with Gasteiger partial charge in [-0.2, -0.15) is 0 Å². The Hall–Kier alpha value is -3.15. The molecule has 0 aliphatic heterocycles. The van der Waals surface area contributed by atoms with Crippen LogP contribution in [0.5, 0.6) is 0 Å². The molecular weight excluding hydrogens is 323 g/mol. The van der Waals surface area contributed by atoms with Gasteiger partial charge in [-0.05, 0) is 29.8 Å². The van der Waals surface area contributed by atoms with Gasteiger partial charge < -0.3 is 9.32 Å². The molecule has 0 saturated heterocycles. The van der Waals surface area contributed by atoms with Gasteiger partial charge in [-0.25, -0.2) is 9.18 Å². The summed E-state index contributed by atoms with van der Waals surface area (Å²) in [6, 6.07) is 15.2. The lowest BCUT2D eigenvalue weighted by molar-refractivity contribution is -0.131. The minimum atomic E-state index is -0.624. The van der Waals surface area contributed by atoms with Crippen molar-refractivity contribution in [3.05, 3.63) is 82.7 Å². The van der Waals surface area contributed by atoms with E-state index in [0.29, 0.717) is 17.9 Å². The molecule has 128 valence electrons. The molecule has 1 amide bonds. The monoisotopic (exact) mass is 340 g/mol. The van der Waals surface area contributed by atoms with Crippen LogP contribution in [0.2, 0.25) is 0 Å². The number of nitrogens with zero attached hydrogens (tertiary/aromatic N) is 2. The van der Waals surface area contributed by atoms with Gasteiger partial charge in [-0.1, -0.05) is 30.3 Å². The summed E-state index contributed by atoms with van der Waals surface area (Å²) in [6.07, 6.45) is 1.46. The van der Waals surface area contributed by atoms with Crippen LogP contribution in [0.4, 0.5) is 4.39 Å². The number of rotatable bonds is 5. The fourth-order valence-electron chi connectivity index (χ4n) is 2.44. The third-order valence-electron chi connectivity index (χ3n) is 3.83. The number of benzene rings is 2. The summed E-state index contributed by atoms with van der Waals surface area (Å²) in [6.45, 7) is 0.337. The van der Waals surface area contributed by atoms with E-state index in [9.17, 15) is 14.0 Å². The van der Waals surface area contributed by atoms with Crippen molar-refractivity contribution in [3.8, 4) is 11.3 Å². The van der Waals surface area contributed by atoms with Crippen LogP contribution in [0.15, 0.2) is 70.0 Å². The largest absolute Gasteiger partial charge is 0.419 e. The zero-order chi connectivity index (χ0) is 17.8. The summed E-state index contributed by atoms with van der Waals surface area (Å²) >= 11 is 0. The topological polar surface area (TPSA) is 55.5 Å². The second-order valence-electron chi connectivity index (χ2n) is 5.73. The lowest BCUT2D eigenvalue weighted by atomic mass is 10.2. The molecule has 0 spiro atoms. The third-order valence-corrected chi connectivity index (χ3v) is 3.83. The van der Waals surface area contributed by atoms with Crippen molar-refractivity contribution in [2.45, 2.75) is 13.1 Å². The molecule has 0 bridgehead atoms. The van der Waals surface area contributed by atoms with E-state index in [1.807, 2.05) is 30.3 Å². The lowest BCUT2D eigenvalue weighted by Gasteiger charge is -2.17. The SMILES string of the molecule is CN(Cc1ccccc1)C(=O)Cn1cc(-c2ccc(F)cc2)oc1=O. The molecule has 1 aromatic heterocycles. The lowest BCUT2D eigenvalue weighted by Crippen LogP contribution is -2.32. The molecule has 0 atom stereocenters. The summed E-state index contributed by atoms with van der Waals surface area (Å²) in [7, 11) is 1.68. The zero-order valence-electron chi connectivity index (χ0n) is 13.7. The van der Waals surface area contributed by atoms with Crippen LogP contribution < -0.4 is 5.76 Å². The standard InChI is InChI=1S/C19H17FN2O3/c1-21(11-14-5-3-2-4-6-14)18(23)13-22-12-17(25-19(22)24)15-7-9-16(20)10-8-15/h2-10,12H,11,13H2,1H3. The smallest absolute Gasteiger partial charge is 0.408 e. The van der Waals surface area contributed by atoms with E-state index < -0.39 is 5.76 Å². The van der Waals surface area contributed by atoms with Gasteiger partial charge in [0, 0.05) is 19.2 Å². The number of likely N-dealkylation sites (N-methyl/N-ethyl adjacent to an activating group) is 1. The predicted octanol–water partition coefficient (Wildman–Crippen LogP) is 2.91. The molecule has 6 heteroatoms. The molecule has 3 rings (SSSR count). The summed E-state index contributed by atoms with van der Waals surface area (Å²) in [5.74, 6) is -0.912. The second kappa shape index (κ2) is 7.17. The first kappa shape index (κ1) is 16.7. The summed E-state index contributed by atoms with van der Waals surface area (Å²) in [4.78, 5) is 25.8. The van der Waals surface area contributed by atoms with Crippen LogP contribution in [-0.4, -0.2) is 22.4 Å². The first-order chi connectivity index (χ1) is 12.0. The molecule has 0 radical (unpaired) electrons. The van der Waals surface area contributed by atoms with Crippen LogP contribution in [0.25, 0.3) is 11.3 Å². The number of hydrogen-bond donors (Lipinski definition) is 0. The minimum Gasteiger partial charge on any atom is -0.408 e. The molecule has 0 unspecified atom stereocenters. The fourth-order valence-corrected chi connectivity index (χ4v) is 2.44. The highest BCUT2D eigenvalue weighted by Gasteiger charge is 2.14. The van der Waals surface area contributed by atoms with Gasteiger partial charge in [0.2, 0.25) is 5.91 Å². The van der Waals surface area contributed by atoms with E-state index >= 15 is 0 Å². The summed E-state index contributed by atoms with van der Waals surface area (Å²) < 4.78 is 19.3. The van der Waals surface area contributed by atoms with Crippen LogP contribution in [0, 0.1) is 5.82 Å². The maximum atomic E-state index is 13.0. The molecule has 25 heavy (non-hydrogen) atoms. The van der Waals surface area contributed by atoms with Crippen molar-refractivity contribution in [1.29, 1.82) is 0 Å². The Balaban J connectivity index is 1.71. The molecule has 2 aromatic carbocycles. The van der Waals surface area contributed by atoms with E-state index in [2.05, 4.69) is 0 Å². The zero-order valence-corrected chi connectivity index (χ0v) is 13.7. The Bertz CT molecular complexity index is 914. The van der Waals surface area contributed by atoms with Gasteiger partial charge in [-0.15, -0.1) is 0 Å². The van der Waals surface area contributed by atoms with Crippen molar-refractivity contribution in [1.82, 2.24) is 9.47 Å². The second-order valence-corrected chi connectivity index (χ2v) is 5.73. The van der Waals surface area contributed by atoms with Gasteiger partial charge in [0.15, 0.2) is 5.76 Å². The van der Waals surface area contributed by atoms with Crippen molar-refractivity contribution >= 4 is 5.91 Å². The van der Waals surface area contributed by atoms with E-state index in [1.165, 1.54) is 35.0 Å². The summed E-state index contributed by atoms with van der Waals surface area (Å²) in [5, 5.41) is 0. The number of amides is 1. The third kappa shape index (κ3) is 4.03.